The van der Waals surface area contributed by atoms with E-state index in [4.69, 9.17) is 9.97 Å². The Labute approximate surface area is 206 Å². The molecule has 1 amide bonds. The van der Waals surface area contributed by atoms with Crippen LogP contribution in [0.5, 0.6) is 0 Å². The number of rotatable bonds is 8. The standard InChI is InChI=1S/C26H25N5OS2/c1-3-7-23(32)27-13-22-30-24(26-29-17(2)15-33-26)25(31(22)14-18-8-5-4-6-9-18)19-10-11-20-21(12-19)34-16-28-20/h4-6,8-12,15-16H,3,7,13-14H2,1-2H3,(H,27,32). The Morgan fingerprint density at radius 3 is 2.71 bits per heavy atom. The fourth-order valence-electron chi connectivity index (χ4n) is 3.97. The first-order valence-electron chi connectivity index (χ1n) is 11.3. The molecular formula is C26H25N5OS2. The Hall–Kier alpha value is -3.36. The maximum Gasteiger partial charge on any atom is 0.220 e. The Morgan fingerprint density at radius 2 is 1.94 bits per heavy atom. The lowest BCUT2D eigenvalue weighted by molar-refractivity contribution is -0.121. The molecule has 0 bridgehead atoms. The van der Waals surface area contributed by atoms with Crippen LogP contribution in [0, 0.1) is 6.92 Å². The highest BCUT2D eigenvalue weighted by Gasteiger charge is 2.23. The van der Waals surface area contributed by atoms with Gasteiger partial charge in [0.1, 0.15) is 16.5 Å². The number of hydrogen-bond donors (Lipinski definition) is 1. The number of nitrogens with zero attached hydrogens (tertiary/aromatic N) is 4. The van der Waals surface area contributed by atoms with Crippen LogP contribution in [0.2, 0.25) is 0 Å². The second-order valence-corrected chi connectivity index (χ2v) is 9.90. The number of carbonyl (C=O) groups excluding carboxylic acids is 1. The summed E-state index contributed by atoms with van der Waals surface area (Å²) in [6.45, 7) is 5.02. The molecule has 2 aromatic carbocycles. The smallest absolute Gasteiger partial charge is 0.220 e. The number of imidazole rings is 1. The summed E-state index contributed by atoms with van der Waals surface area (Å²) >= 11 is 3.22. The second kappa shape index (κ2) is 9.87. The summed E-state index contributed by atoms with van der Waals surface area (Å²) in [6, 6.07) is 16.7. The van der Waals surface area contributed by atoms with Crippen molar-refractivity contribution in [1.82, 2.24) is 24.8 Å². The van der Waals surface area contributed by atoms with Crippen LogP contribution in [0.3, 0.4) is 0 Å². The van der Waals surface area contributed by atoms with Crippen molar-refractivity contribution in [2.45, 2.75) is 39.8 Å². The molecule has 0 saturated carbocycles. The first-order chi connectivity index (χ1) is 16.6. The van der Waals surface area contributed by atoms with E-state index in [9.17, 15) is 4.79 Å². The number of hydrogen-bond acceptors (Lipinski definition) is 6. The van der Waals surface area contributed by atoms with Crippen LogP contribution in [0.4, 0.5) is 0 Å². The molecule has 0 aliphatic carbocycles. The van der Waals surface area contributed by atoms with Crippen molar-refractivity contribution < 1.29 is 4.79 Å². The van der Waals surface area contributed by atoms with E-state index in [2.05, 4.69) is 45.2 Å². The number of aromatic nitrogens is 4. The Kier molecular flexibility index (Phi) is 6.51. The number of amides is 1. The zero-order valence-corrected chi connectivity index (χ0v) is 20.7. The van der Waals surface area contributed by atoms with Crippen molar-refractivity contribution in [2.75, 3.05) is 0 Å². The van der Waals surface area contributed by atoms with Crippen LogP contribution in [0.1, 0.15) is 36.8 Å². The van der Waals surface area contributed by atoms with E-state index < -0.39 is 0 Å². The maximum atomic E-state index is 12.3. The van der Waals surface area contributed by atoms with Gasteiger partial charge in [-0.05, 0) is 31.0 Å². The molecular weight excluding hydrogens is 462 g/mol. The molecule has 5 aromatic rings. The summed E-state index contributed by atoms with van der Waals surface area (Å²) < 4.78 is 3.35. The van der Waals surface area contributed by atoms with Crippen molar-refractivity contribution in [3.05, 3.63) is 76.5 Å². The third-order valence-corrected chi connectivity index (χ3v) is 7.34. The van der Waals surface area contributed by atoms with Crippen LogP contribution in [-0.2, 0) is 17.9 Å². The van der Waals surface area contributed by atoms with Gasteiger partial charge in [0.2, 0.25) is 5.91 Å². The zero-order chi connectivity index (χ0) is 23.5. The summed E-state index contributed by atoms with van der Waals surface area (Å²) in [7, 11) is 0. The van der Waals surface area contributed by atoms with E-state index in [1.807, 2.05) is 42.9 Å². The van der Waals surface area contributed by atoms with Gasteiger partial charge in [-0.3, -0.25) is 4.79 Å². The molecule has 0 fully saturated rings. The molecule has 0 unspecified atom stereocenters. The van der Waals surface area contributed by atoms with Gasteiger partial charge in [0.15, 0.2) is 0 Å². The largest absolute Gasteiger partial charge is 0.349 e. The minimum atomic E-state index is 0.0380. The number of nitrogens with one attached hydrogen (secondary N) is 1. The molecule has 172 valence electrons. The lowest BCUT2D eigenvalue weighted by atomic mass is 10.1. The minimum absolute atomic E-state index is 0.0380. The molecule has 0 aliphatic heterocycles. The number of fused-ring (bicyclic) bond motifs is 1. The predicted molar refractivity (Wildman–Crippen MR) is 139 cm³/mol. The molecule has 0 saturated heterocycles. The Morgan fingerprint density at radius 1 is 1.09 bits per heavy atom. The molecule has 0 aliphatic rings. The fourth-order valence-corrected chi connectivity index (χ4v) is 5.47. The molecule has 1 N–H and O–H groups in total. The number of aryl methyl sites for hydroxylation is 1. The average molecular weight is 488 g/mol. The summed E-state index contributed by atoms with van der Waals surface area (Å²) in [4.78, 5) is 26.5. The van der Waals surface area contributed by atoms with Crippen molar-refractivity contribution in [3.63, 3.8) is 0 Å². The monoisotopic (exact) mass is 487 g/mol. The number of thiazole rings is 2. The van der Waals surface area contributed by atoms with Gasteiger partial charge in [-0.25, -0.2) is 15.0 Å². The summed E-state index contributed by atoms with van der Waals surface area (Å²) in [6.07, 6.45) is 1.32. The molecule has 8 heteroatoms. The third kappa shape index (κ3) is 4.64. The van der Waals surface area contributed by atoms with Crippen LogP contribution < -0.4 is 5.32 Å². The van der Waals surface area contributed by atoms with Crippen LogP contribution in [0.15, 0.2) is 59.4 Å². The zero-order valence-electron chi connectivity index (χ0n) is 19.1. The lowest BCUT2D eigenvalue weighted by Crippen LogP contribution is -2.24. The van der Waals surface area contributed by atoms with Crippen LogP contribution >= 0.6 is 22.7 Å². The predicted octanol–water partition coefficient (Wildman–Crippen LogP) is 6.06. The third-order valence-electron chi connectivity index (χ3n) is 5.58. The molecule has 0 spiro atoms. The van der Waals surface area contributed by atoms with Crippen molar-refractivity contribution >= 4 is 38.8 Å². The Balaban J connectivity index is 1.68. The molecule has 5 rings (SSSR count). The molecule has 34 heavy (non-hydrogen) atoms. The minimum Gasteiger partial charge on any atom is -0.349 e. The summed E-state index contributed by atoms with van der Waals surface area (Å²) in [5.41, 5.74) is 7.92. The molecule has 0 radical (unpaired) electrons. The number of benzene rings is 2. The van der Waals surface area contributed by atoms with Gasteiger partial charge in [-0.2, -0.15) is 0 Å². The topological polar surface area (TPSA) is 72.7 Å². The van der Waals surface area contributed by atoms with Crippen LogP contribution in [0.25, 0.3) is 32.2 Å². The van der Waals surface area contributed by atoms with Gasteiger partial charge < -0.3 is 9.88 Å². The van der Waals surface area contributed by atoms with Gasteiger partial charge in [-0.1, -0.05) is 43.3 Å². The van der Waals surface area contributed by atoms with Crippen molar-refractivity contribution in [1.29, 1.82) is 0 Å². The van der Waals surface area contributed by atoms with E-state index in [-0.39, 0.29) is 5.91 Å². The van der Waals surface area contributed by atoms with Gasteiger partial charge >= 0.3 is 0 Å². The van der Waals surface area contributed by atoms with E-state index in [1.54, 1.807) is 22.7 Å². The van der Waals surface area contributed by atoms with E-state index >= 15 is 0 Å². The molecule has 3 heterocycles. The quantitative estimate of drug-likeness (QED) is 0.289. The van der Waals surface area contributed by atoms with E-state index in [1.165, 1.54) is 5.56 Å². The van der Waals surface area contributed by atoms with Gasteiger partial charge in [0.25, 0.3) is 0 Å². The summed E-state index contributed by atoms with van der Waals surface area (Å²) in [5.74, 6) is 0.853. The van der Waals surface area contributed by atoms with E-state index in [0.717, 1.165) is 50.1 Å². The normalized spacial score (nSPS) is 11.2. The van der Waals surface area contributed by atoms with Gasteiger partial charge in [0, 0.05) is 29.6 Å². The number of carbonyl (C=O) groups is 1. The van der Waals surface area contributed by atoms with Crippen LogP contribution in [-0.4, -0.2) is 25.4 Å². The van der Waals surface area contributed by atoms with Crippen molar-refractivity contribution in [2.24, 2.45) is 0 Å². The molecule has 3 aromatic heterocycles. The maximum absolute atomic E-state index is 12.3. The second-order valence-electron chi connectivity index (χ2n) is 8.15. The first kappa shape index (κ1) is 22.4. The highest BCUT2D eigenvalue weighted by Crippen LogP contribution is 2.36. The van der Waals surface area contributed by atoms with Gasteiger partial charge in [-0.15, -0.1) is 22.7 Å². The highest BCUT2D eigenvalue weighted by molar-refractivity contribution is 7.16. The highest BCUT2D eigenvalue weighted by atomic mass is 32.1. The summed E-state index contributed by atoms with van der Waals surface area (Å²) in [5, 5.41) is 5.98. The first-order valence-corrected chi connectivity index (χ1v) is 13.0. The van der Waals surface area contributed by atoms with Gasteiger partial charge in [0.05, 0.1) is 28.0 Å². The molecule has 0 atom stereocenters. The molecule has 6 nitrogen and oxygen atoms in total. The average Bonchev–Trinajstić information content (AvgIpc) is 3.56. The SMILES string of the molecule is CCCC(=O)NCc1nc(-c2nc(C)cs2)c(-c2ccc3ncsc3c2)n1Cc1ccccc1. The fraction of sp³-hybridized carbons (Fsp3) is 0.231. The Bertz CT molecular complexity index is 1430. The van der Waals surface area contributed by atoms with E-state index in [0.29, 0.717) is 19.5 Å². The van der Waals surface area contributed by atoms with Crippen molar-refractivity contribution in [3.8, 4) is 22.0 Å². The lowest BCUT2D eigenvalue weighted by Gasteiger charge is -2.14.